The SMILES string of the molecule is Cc1nnc2ccc(SCC(=O)N[C@@H]3CCCC[C@H]3c3ccccc3)nn12. The van der Waals surface area contributed by atoms with E-state index < -0.39 is 0 Å². The van der Waals surface area contributed by atoms with E-state index in [1.807, 2.05) is 25.1 Å². The van der Waals surface area contributed by atoms with Crippen LogP contribution in [0.1, 0.15) is 43.0 Å². The van der Waals surface area contributed by atoms with Gasteiger partial charge in [-0.25, -0.2) is 0 Å². The number of aryl methyl sites for hydroxylation is 1. The Hall–Kier alpha value is -2.41. The van der Waals surface area contributed by atoms with E-state index in [1.54, 1.807) is 4.52 Å². The van der Waals surface area contributed by atoms with Gasteiger partial charge in [0, 0.05) is 12.0 Å². The molecule has 4 rings (SSSR count). The summed E-state index contributed by atoms with van der Waals surface area (Å²) < 4.78 is 1.70. The molecule has 1 fully saturated rings. The van der Waals surface area contributed by atoms with Crippen LogP contribution in [0.25, 0.3) is 5.65 Å². The van der Waals surface area contributed by atoms with Gasteiger partial charge in [-0.15, -0.1) is 10.2 Å². The topological polar surface area (TPSA) is 72.2 Å². The predicted molar refractivity (Wildman–Crippen MR) is 106 cm³/mol. The van der Waals surface area contributed by atoms with Gasteiger partial charge in [-0.05, 0) is 37.5 Å². The van der Waals surface area contributed by atoms with Crippen LogP contribution in [0.2, 0.25) is 0 Å². The number of hydrogen-bond acceptors (Lipinski definition) is 5. The van der Waals surface area contributed by atoms with E-state index in [2.05, 4.69) is 44.9 Å². The summed E-state index contributed by atoms with van der Waals surface area (Å²) >= 11 is 1.44. The summed E-state index contributed by atoms with van der Waals surface area (Å²) in [7, 11) is 0. The highest BCUT2D eigenvalue weighted by Gasteiger charge is 2.27. The van der Waals surface area contributed by atoms with Gasteiger partial charge in [0.15, 0.2) is 11.5 Å². The van der Waals surface area contributed by atoms with E-state index in [9.17, 15) is 4.79 Å². The van der Waals surface area contributed by atoms with Crippen molar-refractivity contribution in [3.63, 3.8) is 0 Å². The van der Waals surface area contributed by atoms with Crippen LogP contribution in [0.15, 0.2) is 47.5 Å². The van der Waals surface area contributed by atoms with E-state index in [0.29, 0.717) is 17.3 Å². The van der Waals surface area contributed by atoms with Crippen LogP contribution in [0.3, 0.4) is 0 Å². The van der Waals surface area contributed by atoms with Crippen LogP contribution in [-0.2, 0) is 4.79 Å². The molecule has 0 radical (unpaired) electrons. The first-order valence-electron chi connectivity index (χ1n) is 9.37. The maximum atomic E-state index is 12.6. The van der Waals surface area contributed by atoms with Crippen molar-refractivity contribution in [3.8, 4) is 0 Å². The summed E-state index contributed by atoms with van der Waals surface area (Å²) in [5.74, 6) is 1.57. The fourth-order valence-corrected chi connectivity index (χ4v) is 4.41. The number of benzene rings is 1. The first-order valence-corrected chi connectivity index (χ1v) is 10.4. The van der Waals surface area contributed by atoms with Gasteiger partial charge < -0.3 is 5.32 Å². The number of carbonyl (C=O) groups is 1. The molecule has 0 bridgehead atoms. The lowest BCUT2D eigenvalue weighted by Gasteiger charge is -2.32. The second kappa shape index (κ2) is 8.08. The number of aromatic nitrogens is 4. The molecule has 140 valence electrons. The van der Waals surface area contributed by atoms with Crippen molar-refractivity contribution in [1.29, 1.82) is 0 Å². The molecule has 6 nitrogen and oxygen atoms in total. The normalized spacial score (nSPS) is 19.9. The summed E-state index contributed by atoms with van der Waals surface area (Å²) in [4.78, 5) is 12.6. The third-order valence-electron chi connectivity index (χ3n) is 5.09. The Morgan fingerprint density at radius 1 is 1.15 bits per heavy atom. The van der Waals surface area contributed by atoms with Crippen LogP contribution in [0, 0.1) is 6.92 Å². The van der Waals surface area contributed by atoms with Crippen LogP contribution in [-0.4, -0.2) is 37.5 Å². The summed E-state index contributed by atoms with van der Waals surface area (Å²) in [5.41, 5.74) is 2.04. The van der Waals surface area contributed by atoms with Crippen molar-refractivity contribution in [1.82, 2.24) is 25.1 Å². The van der Waals surface area contributed by atoms with Gasteiger partial charge in [0.05, 0.1) is 5.75 Å². The van der Waals surface area contributed by atoms with Gasteiger partial charge in [0.1, 0.15) is 5.03 Å². The Labute approximate surface area is 162 Å². The van der Waals surface area contributed by atoms with Crippen LogP contribution < -0.4 is 5.32 Å². The summed E-state index contributed by atoms with van der Waals surface area (Å²) in [6.45, 7) is 1.86. The van der Waals surface area contributed by atoms with E-state index >= 15 is 0 Å². The zero-order valence-electron chi connectivity index (χ0n) is 15.3. The van der Waals surface area contributed by atoms with Crippen LogP contribution in [0.4, 0.5) is 0 Å². The molecular formula is C20H23N5OS. The van der Waals surface area contributed by atoms with Crippen molar-refractivity contribution in [3.05, 3.63) is 53.9 Å². The third kappa shape index (κ3) is 4.13. The Balaban J connectivity index is 1.38. The first-order chi connectivity index (χ1) is 13.2. The second-order valence-corrected chi connectivity index (χ2v) is 7.95. The molecule has 1 aromatic carbocycles. The summed E-state index contributed by atoms with van der Waals surface area (Å²) in [6, 6.07) is 14.5. The minimum Gasteiger partial charge on any atom is -0.352 e. The number of amides is 1. The van der Waals surface area contributed by atoms with Crippen molar-refractivity contribution in [2.24, 2.45) is 0 Å². The van der Waals surface area contributed by atoms with E-state index in [1.165, 1.54) is 30.2 Å². The average molecular weight is 382 g/mol. The largest absolute Gasteiger partial charge is 0.352 e. The molecule has 1 aliphatic carbocycles. The monoisotopic (exact) mass is 381 g/mol. The summed E-state index contributed by atoms with van der Waals surface area (Å²) in [5, 5.41) is 16.6. The lowest BCUT2D eigenvalue weighted by molar-refractivity contribution is -0.119. The van der Waals surface area contributed by atoms with Crippen molar-refractivity contribution < 1.29 is 4.79 Å². The standard InChI is InChI=1S/C20H23N5OS/c1-14-22-23-18-11-12-20(24-25(14)18)27-13-19(26)21-17-10-6-5-9-16(17)15-7-3-2-4-8-15/h2-4,7-8,11-12,16-17H,5-6,9-10,13H2,1H3,(H,21,26)/t16-,17+/m0/s1. The molecule has 1 N–H and O–H groups in total. The molecule has 2 heterocycles. The van der Waals surface area contributed by atoms with Crippen molar-refractivity contribution >= 4 is 23.3 Å². The van der Waals surface area contributed by atoms with E-state index in [4.69, 9.17) is 0 Å². The average Bonchev–Trinajstić information content (AvgIpc) is 3.08. The number of nitrogens with one attached hydrogen (secondary N) is 1. The van der Waals surface area contributed by atoms with E-state index in [0.717, 1.165) is 23.7 Å². The highest BCUT2D eigenvalue weighted by atomic mass is 32.2. The third-order valence-corrected chi connectivity index (χ3v) is 6.01. The van der Waals surface area contributed by atoms with Gasteiger partial charge in [-0.3, -0.25) is 4.79 Å². The Morgan fingerprint density at radius 2 is 1.96 bits per heavy atom. The maximum Gasteiger partial charge on any atom is 0.230 e. The van der Waals surface area contributed by atoms with Gasteiger partial charge in [-0.1, -0.05) is 54.9 Å². The summed E-state index contributed by atoms with van der Waals surface area (Å²) in [6.07, 6.45) is 4.57. The fourth-order valence-electron chi connectivity index (χ4n) is 3.75. The highest BCUT2D eigenvalue weighted by Crippen LogP contribution is 2.33. The lowest BCUT2D eigenvalue weighted by Crippen LogP contribution is -2.41. The molecule has 0 unspecified atom stereocenters. The van der Waals surface area contributed by atoms with Gasteiger partial charge in [0.25, 0.3) is 0 Å². The predicted octanol–water partition coefficient (Wildman–Crippen LogP) is 3.37. The number of nitrogens with zero attached hydrogens (tertiary/aromatic N) is 4. The zero-order valence-corrected chi connectivity index (χ0v) is 16.2. The van der Waals surface area contributed by atoms with Crippen molar-refractivity contribution in [2.75, 3.05) is 5.75 Å². The Bertz CT molecular complexity index is 927. The molecule has 7 heteroatoms. The van der Waals surface area contributed by atoms with E-state index in [-0.39, 0.29) is 11.9 Å². The number of hydrogen-bond donors (Lipinski definition) is 1. The molecule has 0 spiro atoms. The molecule has 27 heavy (non-hydrogen) atoms. The van der Waals surface area contributed by atoms with Gasteiger partial charge in [0.2, 0.25) is 5.91 Å². The minimum atomic E-state index is 0.0650. The smallest absolute Gasteiger partial charge is 0.230 e. The fraction of sp³-hybridized carbons (Fsp3) is 0.400. The second-order valence-electron chi connectivity index (χ2n) is 6.95. The Kier molecular flexibility index (Phi) is 5.38. The first kappa shape index (κ1) is 18.0. The zero-order chi connectivity index (χ0) is 18.6. The molecule has 0 aliphatic heterocycles. The molecular weight excluding hydrogens is 358 g/mol. The molecule has 1 amide bonds. The molecule has 2 aromatic heterocycles. The lowest BCUT2D eigenvalue weighted by atomic mass is 9.80. The number of rotatable bonds is 5. The van der Waals surface area contributed by atoms with Crippen LogP contribution >= 0.6 is 11.8 Å². The molecule has 2 atom stereocenters. The number of thioether (sulfide) groups is 1. The molecule has 0 saturated heterocycles. The Morgan fingerprint density at radius 3 is 2.81 bits per heavy atom. The molecule has 1 saturated carbocycles. The van der Waals surface area contributed by atoms with Crippen molar-refractivity contribution in [2.45, 2.75) is 49.6 Å². The quantitative estimate of drug-likeness (QED) is 0.686. The minimum absolute atomic E-state index is 0.0650. The number of fused-ring (bicyclic) bond motifs is 1. The molecule has 3 aromatic rings. The molecule has 1 aliphatic rings. The number of carbonyl (C=O) groups excluding carboxylic acids is 1. The van der Waals surface area contributed by atoms with Crippen LogP contribution in [0.5, 0.6) is 0 Å². The maximum absolute atomic E-state index is 12.6. The highest BCUT2D eigenvalue weighted by molar-refractivity contribution is 7.99. The van der Waals surface area contributed by atoms with Gasteiger partial charge >= 0.3 is 0 Å². The van der Waals surface area contributed by atoms with Gasteiger partial charge in [-0.2, -0.15) is 9.61 Å².